The van der Waals surface area contributed by atoms with Crippen LogP contribution >= 0.6 is 0 Å². The first-order chi connectivity index (χ1) is 6.23. The summed E-state index contributed by atoms with van der Waals surface area (Å²) in [5.41, 5.74) is 0. The maximum absolute atomic E-state index is 2.35. The Balaban J connectivity index is 2.94. The Labute approximate surface area is 89.6 Å². The van der Waals surface area contributed by atoms with E-state index in [2.05, 4.69) is 65.8 Å². The van der Waals surface area contributed by atoms with Crippen LogP contribution in [0.3, 0.4) is 0 Å². The van der Waals surface area contributed by atoms with Gasteiger partial charge in [0.1, 0.15) is 0 Å². The molecule has 0 fully saturated rings. The molecule has 1 aliphatic carbocycles. The summed E-state index contributed by atoms with van der Waals surface area (Å²) in [4.78, 5) is 0. The Kier molecular flexibility index (Phi) is 2.99. The van der Waals surface area contributed by atoms with Crippen LogP contribution in [-0.4, -0.2) is 6.71 Å². The lowest BCUT2D eigenvalue weighted by Gasteiger charge is -2.40. The molecule has 14 heavy (non-hydrogen) atoms. The molecule has 78 valence electrons. The second kappa shape index (κ2) is 3.60. The van der Waals surface area contributed by atoms with Gasteiger partial charge in [-0.2, -0.15) is 0 Å². The molecule has 0 bridgehead atoms. The molecule has 0 amide bonds. The van der Waals surface area contributed by atoms with Gasteiger partial charge < -0.3 is 0 Å². The Morgan fingerprint density at radius 1 is 0.786 bits per heavy atom. The predicted octanol–water partition coefficient (Wildman–Crippen LogP) is 4.58. The molecule has 0 aromatic carbocycles. The molecule has 0 heterocycles. The van der Waals surface area contributed by atoms with Crippen LogP contribution in [0.2, 0.25) is 16.4 Å². The maximum Gasteiger partial charge on any atom is 0.163 e. The highest BCUT2D eigenvalue weighted by molar-refractivity contribution is 6.67. The smallest absolute Gasteiger partial charge is 0.0849 e. The van der Waals surface area contributed by atoms with Crippen LogP contribution in [-0.2, 0) is 0 Å². The lowest BCUT2D eigenvalue weighted by molar-refractivity contribution is 0.634. The second-order valence-electron chi connectivity index (χ2n) is 6.56. The fourth-order valence-corrected chi connectivity index (χ4v) is 3.13. The molecule has 0 saturated heterocycles. The topological polar surface area (TPSA) is 0 Å². The summed E-state index contributed by atoms with van der Waals surface area (Å²) >= 11 is 0. The molecule has 0 aromatic heterocycles. The van der Waals surface area contributed by atoms with Gasteiger partial charge in [-0.25, -0.2) is 0 Å². The van der Waals surface area contributed by atoms with E-state index in [1.165, 1.54) is 0 Å². The zero-order valence-electron chi connectivity index (χ0n) is 10.5. The van der Waals surface area contributed by atoms with Crippen LogP contribution in [0.4, 0.5) is 0 Å². The summed E-state index contributed by atoms with van der Waals surface area (Å²) in [6.45, 7) is 14.8. The van der Waals surface area contributed by atoms with Crippen LogP contribution in [0, 0.1) is 0 Å². The van der Waals surface area contributed by atoms with Crippen LogP contribution in [0.5, 0.6) is 0 Å². The summed E-state index contributed by atoms with van der Waals surface area (Å²) in [5, 5.41) is 0.726. The van der Waals surface area contributed by atoms with Gasteiger partial charge >= 0.3 is 0 Å². The van der Waals surface area contributed by atoms with E-state index in [4.69, 9.17) is 0 Å². The molecule has 0 saturated carbocycles. The maximum atomic E-state index is 2.35. The highest BCUT2D eigenvalue weighted by atomic mass is 14.2. The first-order valence-electron chi connectivity index (χ1n) is 5.58. The molecule has 0 aliphatic heterocycles. The van der Waals surface area contributed by atoms with Gasteiger partial charge in [-0.15, -0.1) is 0 Å². The van der Waals surface area contributed by atoms with E-state index < -0.39 is 0 Å². The van der Waals surface area contributed by atoms with Crippen molar-refractivity contribution >= 4 is 6.71 Å². The van der Waals surface area contributed by atoms with Gasteiger partial charge in [0, 0.05) is 0 Å². The van der Waals surface area contributed by atoms with Crippen molar-refractivity contribution in [3.05, 3.63) is 24.3 Å². The van der Waals surface area contributed by atoms with Gasteiger partial charge in [0.15, 0.2) is 6.71 Å². The Hall–Kier alpha value is -0.455. The van der Waals surface area contributed by atoms with Crippen molar-refractivity contribution in [2.45, 2.75) is 58.0 Å². The standard InChI is InChI=1S/C13H23B/c1-12(2,3)14(13(4,5)6)11-9-7-8-10-11/h7-11H,1-6H3. The molecule has 1 rings (SSSR count). The highest BCUT2D eigenvalue weighted by Crippen LogP contribution is 2.49. The minimum absolute atomic E-state index is 0.363. The van der Waals surface area contributed by atoms with E-state index in [0.717, 1.165) is 0 Å². The molecule has 1 heteroatoms. The van der Waals surface area contributed by atoms with E-state index in [0.29, 0.717) is 23.2 Å². The molecule has 1 aliphatic rings. The summed E-state index contributed by atoms with van der Waals surface area (Å²) < 4.78 is 0. The third-order valence-corrected chi connectivity index (χ3v) is 3.03. The third kappa shape index (κ3) is 2.53. The van der Waals surface area contributed by atoms with Gasteiger partial charge in [-0.1, -0.05) is 76.5 Å². The number of allylic oxidation sites excluding steroid dienone is 4. The van der Waals surface area contributed by atoms with Crippen molar-refractivity contribution in [1.82, 2.24) is 0 Å². The fourth-order valence-electron chi connectivity index (χ4n) is 3.13. The average Bonchev–Trinajstić information content (AvgIpc) is 2.31. The zero-order valence-corrected chi connectivity index (χ0v) is 10.5. The predicted molar refractivity (Wildman–Crippen MR) is 67.2 cm³/mol. The van der Waals surface area contributed by atoms with Crippen molar-refractivity contribution in [3.63, 3.8) is 0 Å². The number of rotatable bonds is 1. The van der Waals surface area contributed by atoms with Crippen molar-refractivity contribution in [1.29, 1.82) is 0 Å². The Morgan fingerprint density at radius 3 is 1.43 bits per heavy atom. The minimum atomic E-state index is 0.363. The van der Waals surface area contributed by atoms with E-state index in [1.807, 2.05) is 0 Å². The van der Waals surface area contributed by atoms with Gasteiger partial charge in [-0.05, 0) is 5.82 Å². The molecule has 0 N–H and O–H groups in total. The monoisotopic (exact) mass is 190 g/mol. The van der Waals surface area contributed by atoms with Gasteiger partial charge in [-0.3, -0.25) is 0 Å². The largest absolute Gasteiger partial charge is 0.163 e. The summed E-state index contributed by atoms with van der Waals surface area (Å²) in [6, 6.07) is 0. The molecule has 0 nitrogen and oxygen atoms in total. The molecular weight excluding hydrogens is 167 g/mol. The Morgan fingerprint density at radius 2 is 1.14 bits per heavy atom. The molecule has 0 radical (unpaired) electrons. The average molecular weight is 190 g/mol. The van der Waals surface area contributed by atoms with E-state index >= 15 is 0 Å². The van der Waals surface area contributed by atoms with Crippen LogP contribution in [0.1, 0.15) is 41.5 Å². The molecule has 0 unspecified atom stereocenters. The fraction of sp³-hybridized carbons (Fsp3) is 0.692. The van der Waals surface area contributed by atoms with Crippen LogP contribution in [0.25, 0.3) is 0 Å². The van der Waals surface area contributed by atoms with Crippen molar-refractivity contribution in [3.8, 4) is 0 Å². The lowest BCUT2D eigenvalue weighted by Crippen LogP contribution is -2.38. The van der Waals surface area contributed by atoms with Gasteiger partial charge in [0.2, 0.25) is 0 Å². The second-order valence-corrected chi connectivity index (χ2v) is 6.56. The van der Waals surface area contributed by atoms with Crippen molar-refractivity contribution in [2.24, 2.45) is 0 Å². The zero-order chi connectivity index (χ0) is 11.0. The molecular formula is C13H23B. The number of hydrogen-bond donors (Lipinski definition) is 0. The molecule has 0 aromatic rings. The minimum Gasteiger partial charge on any atom is -0.0849 e. The quantitative estimate of drug-likeness (QED) is 0.531. The highest BCUT2D eigenvalue weighted by Gasteiger charge is 2.42. The summed E-state index contributed by atoms with van der Waals surface area (Å²) in [5.74, 6) is 0.620. The summed E-state index contributed by atoms with van der Waals surface area (Å²) in [6.07, 6.45) is 9.02. The van der Waals surface area contributed by atoms with Gasteiger partial charge in [0.25, 0.3) is 0 Å². The SMILES string of the molecule is CC(C)(C)B(C1C=CC=C1)C(C)(C)C. The normalized spacial score (nSPS) is 17.9. The van der Waals surface area contributed by atoms with Crippen molar-refractivity contribution in [2.75, 3.05) is 0 Å². The van der Waals surface area contributed by atoms with Crippen molar-refractivity contribution < 1.29 is 0 Å². The first-order valence-corrected chi connectivity index (χ1v) is 5.58. The van der Waals surface area contributed by atoms with E-state index in [9.17, 15) is 0 Å². The van der Waals surface area contributed by atoms with Crippen LogP contribution in [0.15, 0.2) is 24.3 Å². The summed E-state index contributed by atoms with van der Waals surface area (Å²) in [7, 11) is 0. The Bertz CT molecular complexity index is 221. The van der Waals surface area contributed by atoms with Crippen LogP contribution < -0.4 is 0 Å². The van der Waals surface area contributed by atoms with Gasteiger partial charge in [0.05, 0.1) is 0 Å². The van der Waals surface area contributed by atoms with E-state index in [1.54, 1.807) is 0 Å². The molecule has 0 spiro atoms. The molecule has 0 atom stereocenters. The van der Waals surface area contributed by atoms with E-state index in [-0.39, 0.29) is 0 Å². The number of hydrogen-bond acceptors (Lipinski definition) is 0. The lowest BCUT2D eigenvalue weighted by atomic mass is 9.19. The first kappa shape index (κ1) is 11.6. The third-order valence-electron chi connectivity index (χ3n) is 3.03.